The summed E-state index contributed by atoms with van der Waals surface area (Å²) in [4.78, 5) is 39.2. The minimum Gasteiger partial charge on any atom is -0.421 e. The van der Waals surface area contributed by atoms with Gasteiger partial charge in [0.2, 0.25) is 11.8 Å². The molecule has 0 spiro atoms. The van der Waals surface area contributed by atoms with Crippen LogP contribution in [0.3, 0.4) is 0 Å². The Bertz CT molecular complexity index is 1110. The molecule has 2 heterocycles. The van der Waals surface area contributed by atoms with Crippen molar-refractivity contribution in [1.82, 2.24) is 0 Å². The van der Waals surface area contributed by atoms with E-state index in [1.165, 1.54) is 0 Å². The molecule has 1 fully saturated rings. The average molecular weight is 377 g/mol. The van der Waals surface area contributed by atoms with Gasteiger partial charge < -0.3 is 20.0 Å². The Balaban J connectivity index is 1.60. The molecule has 7 heteroatoms. The fraction of sp³-hybridized carbons (Fsp3) is 0.190. The predicted octanol–water partition coefficient (Wildman–Crippen LogP) is 2.83. The third-order valence-electron chi connectivity index (χ3n) is 4.88. The van der Waals surface area contributed by atoms with Gasteiger partial charge in [-0.05, 0) is 24.3 Å². The van der Waals surface area contributed by atoms with Gasteiger partial charge in [0.05, 0.1) is 11.6 Å². The lowest BCUT2D eigenvalue weighted by Crippen LogP contribution is -2.29. The molecule has 0 radical (unpaired) electrons. The fourth-order valence-electron chi connectivity index (χ4n) is 3.49. The summed E-state index contributed by atoms with van der Waals surface area (Å²) < 4.78 is 5.32. The maximum Gasteiger partial charge on any atom is 0.362 e. The number of nitrogens with zero attached hydrogens (tertiary/aromatic N) is 1. The Kier molecular flexibility index (Phi) is 4.57. The molecule has 1 aliphatic heterocycles. The molecule has 0 bridgehead atoms. The molecule has 28 heavy (non-hydrogen) atoms. The van der Waals surface area contributed by atoms with Gasteiger partial charge in [0, 0.05) is 31.1 Å². The van der Waals surface area contributed by atoms with Gasteiger partial charge in [0.25, 0.3) is 0 Å². The summed E-state index contributed by atoms with van der Waals surface area (Å²) in [5.74, 6) is -1.06. The maximum absolute atomic E-state index is 12.8. The van der Waals surface area contributed by atoms with Crippen LogP contribution < -0.4 is 21.2 Å². The van der Waals surface area contributed by atoms with Gasteiger partial charge in [0.15, 0.2) is 5.69 Å². The van der Waals surface area contributed by atoms with E-state index in [1.807, 2.05) is 36.4 Å². The monoisotopic (exact) mass is 377 g/mol. The summed E-state index contributed by atoms with van der Waals surface area (Å²) in [6.07, 6.45) is 0.0918. The predicted molar refractivity (Wildman–Crippen MR) is 108 cm³/mol. The molecule has 2 aromatic carbocycles. The number of benzene rings is 2. The molecule has 0 aliphatic carbocycles. The van der Waals surface area contributed by atoms with Gasteiger partial charge >= 0.3 is 5.63 Å². The molecule has 1 aromatic heterocycles. The molecule has 1 saturated heterocycles. The molecule has 2 amide bonds. The molecule has 142 valence electrons. The summed E-state index contributed by atoms with van der Waals surface area (Å²) in [5.41, 5.74) is 1.09. The number of rotatable bonds is 4. The first-order valence-electron chi connectivity index (χ1n) is 8.98. The number of hydrogen-bond donors (Lipinski definition) is 2. The second kappa shape index (κ2) is 7.19. The zero-order valence-electron chi connectivity index (χ0n) is 15.3. The van der Waals surface area contributed by atoms with Gasteiger partial charge in [-0.2, -0.15) is 0 Å². The summed E-state index contributed by atoms with van der Waals surface area (Å²) in [6.45, 7) is 0.266. The molecule has 1 atom stereocenters. The molecule has 1 aliphatic rings. The van der Waals surface area contributed by atoms with Crippen molar-refractivity contribution in [3.8, 4) is 0 Å². The van der Waals surface area contributed by atoms with Crippen LogP contribution in [0.4, 0.5) is 17.1 Å². The van der Waals surface area contributed by atoms with Crippen molar-refractivity contribution in [2.24, 2.45) is 5.92 Å². The topological polar surface area (TPSA) is 91.6 Å². The second-order valence-electron chi connectivity index (χ2n) is 6.62. The highest BCUT2D eigenvalue weighted by Gasteiger charge is 2.35. The van der Waals surface area contributed by atoms with Gasteiger partial charge in [-0.15, -0.1) is 0 Å². The van der Waals surface area contributed by atoms with Crippen molar-refractivity contribution in [3.05, 3.63) is 65.0 Å². The highest BCUT2D eigenvalue weighted by atomic mass is 16.4. The Labute approximate surface area is 161 Å². The largest absolute Gasteiger partial charge is 0.421 e. The van der Waals surface area contributed by atoms with Crippen molar-refractivity contribution in [3.63, 3.8) is 0 Å². The van der Waals surface area contributed by atoms with Crippen LogP contribution in [0.25, 0.3) is 11.0 Å². The number of carbonyl (C=O) groups excluding carboxylic acids is 2. The molecule has 7 nitrogen and oxygen atoms in total. The molecule has 0 unspecified atom stereocenters. The molecule has 0 saturated carbocycles. The van der Waals surface area contributed by atoms with E-state index in [9.17, 15) is 14.4 Å². The minimum absolute atomic E-state index is 0.0526. The first kappa shape index (κ1) is 17.8. The van der Waals surface area contributed by atoms with Crippen LogP contribution in [0.2, 0.25) is 0 Å². The number of amides is 2. The normalized spacial score (nSPS) is 16.4. The van der Waals surface area contributed by atoms with Crippen molar-refractivity contribution < 1.29 is 14.0 Å². The fourth-order valence-corrected chi connectivity index (χ4v) is 3.49. The number of nitrogens with one attached hydrogen (secondary N) is 2. The van der Waals surface area contributed by atoms with E-state index in [-0.39, 0.29) is 30.5 Å². The molecule has 2 N–H and O–H groups in total. The van der Waals surface area contributed by atoms with E-state index in [0.717, 1.165) is 5.69 Å². The third kappa shape index (κ3) is 3.11. The summed E-state index contributed by atoms with van der Waals surface area (Å²) in [5, 5.41) is 6.32. The first-order valence-corrected chi connectivity index (χ1v) is 8.98. The van der Waals surface area contributed by atoms with Crippen LogP contribution in [0.1, 0.15) is 6.42 Å². The lowest BCUT2D eigenvalue weighted by molar-refractivity contribution is -0.122. The average Bonchev–Trinajstić information content (AvgIpc) is 3.11. The van der Waals surface area contributed by atoms with Gasteiger partial charge in [-0.3, -0.25) is 9.59 Å². The molecular formula is C21H19N3O4. The van der Waals surface area contributed by atoms with Crippen molar-refractivity contribution in [2.75, 3.05) is 29.1 Å². The van der Waals surface area contributed by atoms with Crippen molar-refractivity contribution in [1.29, 1.82) is 0 Å². The number of hydrogen-bond acceptors (Lipinski definition) is 5. The van der Waals surface area contributed by atoms with Crippen LogP contribution >= 0.6 is 0 Å². The Morgan fingerprint density at radius 3 is 2.50 bits per heavy atom. The number of anilines is 3. The minimum atomic E-state index is -0.638. The maximum atomic E-state index is 12.8. The summed E-state index contributed by atoms with van der Waals surface area (Å²) in [6, 6.07) is 16.3. The van der Waals surface area contributed by atoms with E-state index >= 15 is 0 Å². The van der Waals surface area contributed by atoms with Crippen LogP contribution in [-0.4, -0.2) is 25.4 Å². The van der Waals surface area contributed by atoms with E-state index in [4.69, 9.17) is 4.42 Å². The van der Waals surface area contributed by atoms with Crippen LogP contribution in [0.15, 0.2) is 63.8 Å². The quantitative estimate of drug-likeness (QED) is 0.682. The molecule has 3 aromatic rings. The molecular weight excluding hydrogens is 358 g/mol. The van der Waals surface area contributed by atoms with E-state index < -0.39 is 11.5 Å². The SMILES string of the molecule is CNc1c(NC(=O)[C@H]2CC(=O)N(c3ccccc3)C2)c(=O)oc2ccccc12. The highest BCUT2D eigenvalue weighted by molar-refractivity contribution is 6.06. The standard InChI is InChI=1S/C21H19N3O4/c1-22-18-15-9-5-6-10-16(15)28-21(27)19(18)23-20(26)13-11-17(25)24(12-13)14-7-3-2-4-8-14/h2-10,13,22H,11-12H2,1H3,(H,23,26)/t13-/m0/s1. The van der Waals surface area contributed by atoms with E-state index in [2.05, 4.69) is 10.6 Å². The van der Waals surface area contributed by atoms with Crippen molar-refractivity contribution >= 4 is 39.8 Å². The summed E-state index contributed by atoms with van der Waals surface area (Å²) >= 11 is 0. The zero-order valence-corrected chi connectivity index (χ0v) is 15.3. The van der Waals surface area contributed by atoms with Crippen LogP contribution in [0.5, 0.6) is 0 Å². The van der Waals surface area contributed by atoms with Gasteiger partial charge in [-0.1, -0.05) is 30.3 Å². The van der Waals surface area contributed by atoms with Crippen LogP contribution in [-0.2, 0) is 9.59 Å². The van der Waals surface area contributed by atoms with E-state index in [0.29, 0.717) is 16.7 Å². The number of fused-ring (bicyclic) bond motifs is 1. The smallest absolute Gasteiger partial charge is 0.362 e. The summed E-state index contributed by atoms with van der Waals surface area (Å²) in [7, 11) is 1.67. The van der Waals surface area contributed by atoms with Gasteiger partial charge in [-0.25, -0.2) is 4.79 Å². The highest BCUT2D eigenvalue weighted by Crippen LogP contribution is 2.30. The molecule has 4 rings (SSSR count). The van der Waals surface area contributed by atoms with Crippen molar-refractivity contribution in [2.45, 2.75) is 6.42 Å². The zero-order chi connectivity index (χ0) is 19.7. The first-order chi connectivity index (χ1) is 13.6. The lowest BCUT2D eigenvalue weighted by Gasteiger charge is -2.17. The lowest BCUT2D eigenvalue weighted by atomic mass is 10.1. The third-order valence-corrected chi connectivity index (χ3v) is 4.88. The number of para-hydroxylation sites is 2. The Morgan fingerprint density at radius 1 is 1.04 bits per heavy atom. The Morgan fingerprint density at radius 2 is 1.75 bits per heavy atom. The number of carbonyl (C=O) groups is 2. The Hall–Kier alpha value is -3.61. The van der Waals surface area contributed by atoms with Crippen LogP contribution in [0, 0.1) is 5.92 Å². The van der Waals surface area contributed by atoms with E-state index in [1.54, 1.807) is 30.1 Å². The second-order valence-corrected chi connectivity index (χ2v) is 6.62. The van der Waals surface area contributed by atoms with Gasteiger partial charge in [0.1, 0.15) is 5.58 Å².